The van der Waals surface area contributed by atoms with Gasteiger partial charge in [-0.15, -0.1) is 0 Å². The van der Waals surface area contributed by atoms with Gasteiger partial charge in [0.1, 0.15) is 5.82 Å². The number of fused-ring (bicyclic) bond motifs is 2. The molecule has 2 aromatic carbocycles. The molecule has 0 bridgehead atoms. The standard InChI is InChI=1S/C15H16N2.C9H9Cl2NO/c1-3-11-6-7-13(9-12(11)4-1)14-10-17-8-2-5-15(17)16-14;1-12-9(13)5-6-2-3-7(10)8(11)4-6/h6-7,9-10H,1-5,8H2;2-4H,5H2,1H3,(H,12,13). The normalized spacial score (nSPS) is 14.0. The minimum absolute atomic E-state index is 0.0432. The number of aromatic nitrogens is 2. The van der Waals surface area contributed by atoms with Crippen LogP contribution in [-0.4, -0.2) is 22.5 Å². The average molecular weight is 442 g/mol. The molecule has 3 aromatic rings. The van der Waals surface area contributed by atoms with Gasteiger partial charge in [0.25, 0.3) is 0 Å². The van der Waals surface area contributed by atoms with Crippen LogP contribution >= 0.6 is 23.2 Å². The molecule has 0 saturated heterocycles. The molecular formula is C24H25Cl2N3O. The molecule has 2 aliphatic rings. The van der Waals surface area contributed by atoms with Crippen molar-refractivity contribution in [1.29, 1.82) is 0 Å². The Labute approximate surface area is 187 Å². The highest BCUT2D eigenvalue weighted by atomic mass is 35.5. The molecule has 0 saturated carbocycles. The molecule has 1 aromatic heterocycles. The maximum atomic E-state index is 11.0. The van der Waals surface area contributed by atoms with Crippen LogP contribution in [0.3, 0.4) is 0 Å². The molecule has 4 nitrogen and oxygen atoms in total. The molecular weight excluding hydrogens is 417 g/mol. The Bertz CT molecular complexity index is 1050. The first-order chi connectivity index (χ1) is 14.5. The van der Waals surface area contributed by atoms with Crippen LogP contribution in [0, 0.1) is 0 Å². The van der Waals surface area contributed by atoms with E-state index in [-0.39, 0.29) is 5.91 Å². The number of benzene rings is 2. The summed E-state index contributed by atoms with van der Waals surface area (Å²) in [6, 6.07) is 12.0. The quantitative estimate of drug-likeness (QED) is 0.601. The predicted molar refractivity (Wildman–Crippen MR) is 122 cm³/mol. The van der Waals surface area contributed by atoms with Crippen LogP contribution in [0.5, 0.6) is 0 Å². The Morgan fingerprint density at radius 3 is 2.63 bits per heavy atom. The second kappa shape index (κ2) is 9.23. The number of halogens is 2. The SMILES string of the molecule is CNC(=O)Cc1ccc(Cl)c(Cl)c1.c1cc2c(cc1-c1cn3c(n1)CCC3)CCC2. The van der Waals surface area contributed by atoms with Crippen LogP contribution in [0.25, 0.3) is 11.3 Å². The van der Waals surface area contributed by atoms with Gasteiger partial charge in [0.15, 0.2) is 0 Å². The number of carbonyl (C=O) groups is 1. The molecule has 6 heteroatoms. The first-order valence-corrected chi connectivity index (χ1v) is 11.1. The number of rotatable bonds is 3. The van der Waals surface area contributed by atoms with Crippen LogP contribution in [0.15, 0.2) is 42.6 Å². The van der Waals surface area contributed by atoms with E-state index in [1.54, 1.807) is 30.8 Å². The highest BCUT2D eigenvalue weighted by molar-refractivity contribution is 6.42. The summed E-state index contributed by atoms with van der Waals surface area (Å²) in [5.74, 6) is 1.22. The molecule has 1 aliphatic heterocycles. The van der Waals surface area contributed by atoms with E-state index in [1.165, 1.54) is 42.6 Å². The highest BCUT2D eigenvalue weighted by Crippen LogP contribution is 2.29. The van der Waals surface area contributed by atoms with E-state index in [2.05, 4.69) is 34.3 Å². The number of hydrogen-bond acceptors (Lipinski definition) is 2. The molecule has 0 unspecified atom stereocenters. The van der Waals surface area contributed by atoms with E-state index in [4.69, 9.17) is 28.2 Å². The van der Waals surface area contributed by atoms with Crippen molar-refractivity contribution in [2.24, 2.45) is 0 Å². The van der Waals surface area contributed by atoms with Gasteiger partial charge in [0, 0.05) is 31.8 Å². The summed E-state index contributed by atoms with van der Waals surface area (Å²) in [5, 5.41) is 3.51. The van der Waals surface area contributed by atoms with Crippen molar-refractivity contribution in [1.82, 2.24) is 14.9 Å². The van der Waals surface area contributed by atoms with E-state index >= 15 is 0 Å². The Kier molecular flexibility index (Phi) is 6.45. The fourth-order valence-corrected chi connectivity index (χ4v) is 4.37. The summed E-state index contributed by atoms with van der Waals surface area (Å²) >= 11 is 11.5. The summed E-state index contributed by atoms with van der Waals surface area (Å²) in [6.07, 6.45) is 8.77. The van der Waals surface area contributed by atoms with Crippen molar-refractivity contribution >= 4 is 29.1 Å². The van der Waals surface area contributed by atoms with Crippen LogP contribution in [0.1, 0.15) is 35.4 Å². The van der Waals surface area contributed by atoms with Gasteiger partial charge in [-0.3, -0.25) is 4.79 Å². The number of likely N-dealkylation sites (N-methyl/N-ethyl adjacent to an activating group) is 1. The van der Waals surface area contributed by atoms with Crippen LogP contribution in [0.4, 0.5) is 0 Å². The van der Waals surface area contributed by atoms with Gasteiger partial charge in [-0.1, -0.05) is 41.4 Å². The molecule has 156 valence electrons. The summed E-state index contributed by atoms with van der Waals surface area (Å²) in [6.45, 7) is 1.15. The summed E-state index contributed by atoms with van der Waals surface area (Å²) < 4.78 is 2.31. The van der Waals surface area contributed by atoms with Gasteiger partial charge in [-0.05, 0) is 60.6 Å². The fraction of sp³-hybridized carbons (Fsp3) is 0.333. The van der Waals surface area contributed by atoms with Crippen molar-refractivity contribution in [2.75, 3.05) is 7.05 Å². The lowest BCUT2D eigenvalue weighted by atomic mass is 10.0. The van der Waals surface area contributed by atoms with Crippen LogP contribution in [-0.2, 0) is 37.0 Å². The van der Waals surface area contributed by atoms with E-state index in [0.29, 0.717) is 16.5 Å². The third-order valence-corrected chi connectivity index (χ3v) is 6.42. The van der Waals surface area contributed by atoms with Crippen molar-refractivity contribution in [3.8, 4) is 11.3 Å². The third-order valence-electron chi connectivity index (χ3n) is 5.68. The molecule has 5 rings (SSSR count). The topological polar surface area (TPSA) is 46.9 Å². The number of aryl methyl sites for hydroxylation is 4. The second-order valence-corrected chi connectivity index (χ2v) is 8.59. The lowest BCUT2D eigenvalue weighted by Crippen LogP contribution is -2.19. The molecule has 1 N–H and O–H groups in total. The van der Waals surface area contributed by atoms with Gasteiger partial charge in [0.05, 0.1) is 22.2 Å². The number of imidazole rings is 1. The maximum Gasteiger partial charge on any atom is 0.224 e. The summed E-state index contributed by atoms with van der Waals surface area (Å²) in [7, 11) is 1.60. The molecule has 0 radical (unpaired) electrons. The lowest BCUT2D eigenvalue weighted by Gasteiger charge is -2.02. The molecule has 30 heavy (non-hydrogen) atoms. The summed E-state index contributed by atoms with van der Waals surface area (Å²) in [4.78, 5) is 15.7. The number of carbonyl (C=O) groups excluding carboxylic acids is 1. The van der Waals surface area contributed by atoms with Crippen molar-refractivity contribution in [2.45, 2.75) is 45.1 Å². The minimum Gasteiger partial charge on any atom is -0.359 e. The molecule has 0 fully saturated rings. The van der Waals surface area contributed by atoms with E-state index in [9.17, 15) is 4.79 Å². The Balaban J connectivity index is 0.000000152. The summed E-state index contributed by atoms with van der Waals surface area (Å²) in [5.41, 5.74) is 6.40. The number of amides is 1. The first-order valence-electron chi connectivity index (χ1n) is 10.4. The Morgan fingerprint density at radius 2 is 1.87 bits per heavy atom. The van der Waals surface area contributed by atoms with E-state index < -0.39 is 0 Å². The first kappa shape index (κ1) is 21.0. The van der Waals surface area contributed by atoms with E-state index in [0.717, 1.165) is 24.2 Å². The Hall–Kier alpha value is -2.30. The van der Waals surface area contributed by atoms with Crippen LogP contribution in [0.2, 0.25) is 10.0 Å². The second-order valence-electron chi connectivity index (χ2n) is 7.77. The number of nitrogens with zero attached hydrogens (tertiary/aromatic N) is 2. The van der Waals surface area contributed by atoms with Crippen molar-refractivity contribution < 1.29 is 4.79 Å². The Morgan fingerprint density at radius 1 is 1.03 bits per heavy atom. The van der Waals surface area contributed by atoms with Crippen LogP contribution < -0.4 is 5.32 Å². The largest absolute Gasteiger partial charge is 0.359 e. The van der Waals surface area contributed by atoms with Gasteiger partial charge in [0.2, 0.25) is 5.91 Å². The zero-order valence-corrected chi connectivity index (χ0v) is 18.6. The molecule has 1 amide bonds. The van der Waals surface area contributed by atoms with E-state index in [1.807, 2.05) is 0 Å². The third kappa shape index (κ3) is 4.71. The van der Waals surface area contributed by atoms with Gasteiger partial charge in [-0.2, -0.15) is 0 Å². The highest BCUT2D eigenvalue weighted by Gasteiger charge is 2.16. The smallest absolute Gasteiger partial charge is 0.224 e. The zero-order chi connectivity index (χ0) is 21.1. The van der Waals surface area contributed by atoms with Crippen molar-refractivity contribution in [3.05, 3.63) is 75.2 Å². The van der Waals surface area contributed by atoms with Crippen molar-refractivity contribution in [3.63, 3.8) is 0 Å². The molecule has 0 spiro atoms. The molecule has 2 heterocycles. The van der Waals surface area contributed by atoms with Gasteiger partial charge in [-0.25, -0.2) is 4.98 Å². The predicted octanol–water partition coefficient (Wildman–Crippen LogP) is 5.27. The number of hydrogen-bond donors (Lipinski definition) is 1. The minimum atomic E-state index is -0.0432. The zero-order valence-electron chi connectivity index (χ0n) is 17.0. The fourth-order valence-electron chi connectivity index (χ4n) is 4.05. The van der Waals surface area contributed by atoms with Gasteiger partial charge < -0.3 is 9.88 Å². The number of nitrogens with one attached hydrogen (secondary N) is 1. The van der Waals surface area contributed by atoms with Gasteiger partial charge >= 0.3 is 0 Å². The molecule has 1 aliphatic carbocycles. The lowest BCUT2D eigenvalue weighted by molar-refractivity contribution is -0.119. The average Bonchev–Trinajstić information content (AvgIpc) is 3.46. The maximum absolute atomic E-state index is 11.0. The molecule has 0 atom stereocenters. The monoisotopic (exact) mass is 441 g/mol.